The lowest BCUT2D eigenvalue weighted by Crippen LogP contribution is -2.24. The molecule has 1 aromatic heterocycles. The second kappa shape index (κ2) is 7.83. The number of hydrogen-bond acceptors (Lipinski definition) is 4. The number of pyridine rings is 1. The summed E-state index contributed by atoms with van der Waals surface area (Å²) in [5.41, 5.74) is 8.41. The number of amides is 1. The Kier molecular flexibility index (Phi) is 5.54. The van der Waals surface area contributed by atoms with Gasteiger partial charge < -0.3 is 15.8 Å². The molecule has 0 radical (unpaired) electrons. The average Bonchev–Trinajstić information content (AvgIpc) is 2.53. The summed E-state index contributed by atoms with van der Waals surface area (Å²) < 4.78 is 5.10. The first-order chi connectivity index (χ1) is 10.6. The van der Waals surface area contributed by atoms with Crippen LogP contribution in [0.3, 0.4) is 0 Å². The van der Waals surface area contributed by atoms with Gasteiger partial charge in [0.25, 0.3) is 0 Å². The average molecular weight is 297 g/mol. The molecule has 5 heteroatoms. The van der Waals surface area contributed by atoms with Crippen LogP contribution in [-0.2, 0) is 11.3 Å². The summed E-state index contributed by atoms with van der Waals surface area (Å²) in [7, 11) is 0. The van der Waals surface area contributed by atoms with Crippen molar-refractivity contribution < 1.29 is 9.53 Å². The molecule has 0 saturated heterocycles. The number of nitrogens with zero attached hydrogens (tertiary/aromatic N) is 1. The topological polar surface area (TPSA) is 77.2 Å². The van der Waals surface area contributed by atoms with Gasteiger partial charge in [-0.2, -0.15) is 0 Å². The highest BCUT2D eigenvalue weighted by Gasteiger charge is 2.00. The van der Waals surface area contributed by atoms with Crippen molar-refractivity contribution in [1.29, 1.82) is 0 Å². The zero-order valence-corrected chi connectivity index (χ0v) is 12.5. The maximum Gasteiger partial charge on any atom is 0.407 e. The number of nitrogens with one attached hydrogen (secondary N) is 1. The molecular formula is C17H19N3O2. The van der Waals surface area contributed by atoms with E-state index in [0.29, 0.717) is 12.4 Å². The molecule has 1 heterocycles. The van der Waals surface area contributed by atoms with Crippen LogP contribution in [-0.4, -0.2) is 17.6 Å². The maximum atomic E-state index is 11.5. The van der Waals surface area contributed by atoms with Gasteiger partial charge in [0.1, 0.15) is 12.4 Å². The summed E-state index contributed by atoms with van der Waals surface area (Å²) in [6.07, 6.45) is 3.17. The number of nitrogens with two attached hydrogens (primary N) is 1. The van der Waals surface area contributed by atoms with Crippen LogP contribution < -0.4 is 11.1 Å². The van der Waals surface area contributed by atoms with Crippen molar-refractivity contribution in [3.63, 3.8) is 0 Å². The first kappa shape index (κ1) is 15.6. The van der Waals surface area contributed by atoms with Gasteiger partial charge in [-0.25, -0.2) is 9.78 Å². The SMILES string of the molecule is Cc1ccc(N)nc1C=CCNC(=O)OCc1ccccc1. The zero-order valence-electron chi connectivity index (χ0n) is 12.5. The normalized spacial score (nSPS) is 10.6. The molecular weight excluding hydrogens is 278 g/mol. The molecule has 0 atom stereocenters. The molecule has 3 N–H and O–H groups in total. The van der Waals surface area contributed by atoms with E-state index in [2.05, 4.69) is 10.3 Å². The second-order valence-corrected chi connectivity index (χ2v) is 4.78. The number of aryl methyl sites for hydroxylation is 1. The predicted molar refractivity (Wildman–Crippen MR) is 87.1 cm³/mol. The van der Waals surface area contributed by atoms with E-state index >= 15 is 0 Å². The van der Waals surface area contributed by atoms with Crippen molar-refractivity contribution in [1.82, 2.24) is 10.3 Å². The first-order valence-electron chi connectivity index (χ1n) is 6.99. The number of aromatic nitrogens is 1. The van der Waals surface area contributed by atoms with Crippen LogP contribution >= 0.6 is 0 Å². The molecule has 0 aliphatic carbocycles. The smallest absolute Gasteiger partial charge is 0.407 e. The van der Waals surface area contributed by atoms with Crippen molar-refractivity contribution >= 4 is 18.0 Å². The molecule has 0 bridgehead atoms. The fourth-order valence-corrected chi connectivity index (χ4v) is 1.82. The molecule has 1 aromatic carbocycles. The quantitative estimate of drug-likeness (QED) is 0.889. The monoisotopic (exact) mass is 297 g/mol. The lowest BCUT2D eigenvalue weighted by Gasteiger charge is -2.05. The van der Waals surface area contributed by atoms with Gasteiger partial charge in [0.15, 0.2) is 0 Å². The Morgan fingerprint density at radius 1 is 1.27 bits per heavy atom. The van der Waals surface area contributed by atoms with Crippen LogP contribution in [0.25, 0.3) is 6.08 Å². The molecule has 0 fully saturated rings. The summed E-state index contributed by atoms with van der Waals surface area (Å²) >= 11 is 0. The van der Waals surface area contributed by atoms with Gasteiger partial charge >= 0.3 is 6.09 Å². The van der Waals surface area contributed by atoms with E-state index in [9.17, 15) is 4.79 Å². The highest BCUT2D eigenvalue weighted by atomic mass is 16.5. The van der Waals surface area contributed by atoms with Gasteiger partial charge in [-0.1, -0.05) is 42.5 Å². The number of carbonyl (C=O) groups is 1. The standard InChI is InChI=1S/C17H19N3O2/c1-13-9-10-16(18)20-15(13)8-5-11-19-17(21)22-12-14-6-3-2-4-7-14/h2-10H,11-12H2,1H3,(H2,18,20)(H,19,21). The number of ether oxygens (including phenoxy) is 1. The molecule has 2 aromatic rings. The van der Waals surface area contributed by atoms with Gasteiger partial charge in [0.2, 0.25) is 0 Å². The van der Waals surface area contributed by atoms with Crippen LogP contribution in [0.15, 0.2) is 48.5 Å². The van der Waals surface area contributed by atoms with E-state index in [1.165, 1.54) is 0 Å². The number of benzene rings is 1. The molecule has 114 valence electrons. The van der Waals surface area contributed by atoms with Crippen molar-refractivity contribution in [2.24, 2.45) is 0 Å². The number of nitrogen functional groups attached to an aromatic ring is 1. The zero-order chi connectivity index (χ0) is 15.8. The van der Waals surface area contributed by atoms with Crippen LogP contribution in [0.4, 0.5) is 10.6 Å². The van der Waals surface area contributed by atoms with Gasteiger partial charge in [-0.15, -0.1) is 0 Å². The largest absolute Gasteiger partial charge is 0.445 e. The summed E-state index contributed by atoms with van der Waals surface area (Å²) in [5, 5.41) is 2.65. The van der Waals surface area contributed by atoms with E-state index in [4.69, 9.17) is 10.5 Å². The number of alkyl carbamates (subject to hydrolysis) is 1. The molecule has 22 heavy (non-hydrogen) atoms. The summed E-state index contributed by atoms with van der Waals surface area (Å²) in [4.78, 5) is 15.8. The highest BCUT2D eigenvalue weighted by molar-refractivity contribution is 5.67. The van der Waals surface area contributed by atoms with Gasteiger partial charge in [-0.05, 0) is 30.2 Å². The van der Waals surface area contributed by atoms with Crippen LogP contribution in [0.2, 0.25) is 0 Å². The molecule has 0 saturated carbocycles. The van der Waals surface area contributed by atoms with Gasteiger partial charge in [0, 0.05) is 6.54 Å². The number of hydrogen-bond donors (Lipinski definition) is 2. The molecule has 0 spiro atoms. The third kappa shape index (κ3) is 4.94. The molecule has 0 aliphatic heterocycles. The lowest BCUT2D eigenvalue weighted by atomic mass is 10.2. The summed E-state index contributed by atoms with van der Waals surface area (Å²) in [5.74, 6) is 0.473. The Labute approximate surface area is 129 Å². The van der Waals surface area contributed by atoms with E-state index in [-0.39, 0.29) is 6.61 Å². The maximum absolute atomic E-state index is 11.5. The summed E-state index contributed by atoms with van der Waals surface area (Å²) in [6.45, 7) is 2.57. The second-order valence-electron chi connectivity index (χ2n) is 4.78. The number of anilines is 1. The Bertz CT molecular complexity index is 654. The van der Waals surface area contributed by atoms with Crippen LogP contribution in [0, 0.1) is 6.92 Å². The minimum absolute atomic E-state index is 0.256. The molecule has 0 aliphatic rings. The number of rotatable bonds is 5. The molecule has 1 amide bonds. The van der Waals surface area contributed by atoms with E-state index in [1.54, 1.807) is 12.1 Å². The van der Waals surface area contributed by atoms with Crippen molar-refractivity contribution in [3.8, 4) is 0 Å². The fourth-order valence-electron chi connectivity index (χ4n) is 1.82. The van der Waals surface area contributed by atoms with Gasteiger partial charge in [-0.3, -0.25) is 0 Å². The Morgan fingerprint density at radius 3 is 2.82 bits per heavy atom. The van der Waals surface area contributed by atoms with Crippen molar-refractivity contribution in [3.05, 3.63) is 65.4 Å². The van der Waals surface area contributed by atoms with Crippen molar-refractivity contribution in [2.45, 2.75) is 13.5 Å². The van der Waals surface area contributed by atoms with E-state index < -0.39 is 6.09 Å². The minimum atomic E-state index is -0.453. The third-order valence-corrected chi connectivity index (χ3v) is 3.01. The minimum Gasteiger partial charge on any atom is -0.445 e. The Morgan fingerprint density at radius 2 is 2.05 bits per heavy atom. The lowest BCUT2D eigenvalue weighted by molar-refractivity contribution is 0.141. The summed E-state index contributed by atoms with van der Waals surface area (Å²) in [6, 6.07) is 13.2. The number of carbonyl (C=O) groups excluding carboxylic acids is 1. The van der Waals surface area contributed by atoms with Crippen LogP contribution in [0.5, 0.6) is 0 Å². The highest BCUT2D eigenvalue weighted by Crippen LogP contribution is 2.09. The first-order valence-corrected chi connectivity index (χ1v) is 6.99. The van der Waals surface area contributed by atoms with Crippen molar-refractivity contribution in [2.75, 3.05) is 12.3 Å². The van der Waals surface area contributed by atoms with Crippen LogP contribution in [0.1, 0.15) is 16.8 Å². The van der Waals surface area contributed by atoms with Gasteiger partial charge in [0.05, 0.1) is 5.69 Å². The molecule has 5 nitrogen and oxygen atoms in total. The fraction of sp³-hybridized carbons (Fsp3) is 0.176. The molecule has 0 unspecified atom stereocenters. The Balaban J connectivity index is 1.75. The van der Waals surface area contributed by atoms with E-state index in [1.807, 2.05) is 49.4 Å². The third-order valence-electron chi connectivity index (χ3n) is 3.01. The predicted octanol–water partition coefficient (Wildman–Crippen LogP) is 2.91. The molecule has 2 rings (SSSR count). The van der Waals surface area contributed by atoms with E-state index in [0.717, 1.165) is 16.8 Å². The Hall–Kier alpha value is -2.82.